The van der Waals surface area contributed by atoms with Gasteiger partial charge in [0.05, 0.1) is 0 Å². The van der Waals surface area contributed by atoms with Crippen molar-refractivity contribution in [2.75, 3.05) is 0 Å². The highest BCUT2D eigenvalue weighted by Gasteiger charge is 2.26. The topological polar surface area (TPSA) is 37.3 Å². The van der Waals surface area contributed by atoms with Crippen LogP contribution in [0.25, 0.3) is 6.08 Å². The summed E-state index contributed by atoms with van der Waals surface area (Å²) in [6.45, 7) is 15.9. The molecule has 0 heterocycles. The van der Waals surface area contributed by atoms with Crippen molar-refractivity contribution in [1.29, 1.82) is 0 Å². The van der Waals surface area contributed by atoms with Gasteiger partial charge in [-0.1, -0.05) is 41.5 Å². The Balaban J connectivity index is 3.63. The van der Waals surface area contributed by atoms with Gasteiger partial charge in [0.2, 0.25) is 0 Å². The molecule has 1 N–H and O–H groups in total. The van der Waals surface area contributed by atoms with Gasteiger partial charge in [0.15, 0.2) is 5.78 Å². The molecule has 0 aliphatic carbocycles. The molecule has 0 aliphatic rings. The van der Waals surface area contributed by atoms with Crippen molar-refractivity contribution >= 4 is 11.9 Å². The summed E-state index contributed by atoms with van der Waals surface area (Å²) in [5, 5.41) is 10.6. The van der Waals surface area contributed by atoms with Crippen LogP contribution in [0, 0.1) is 0 Å². The molecule has 2 heteroatoms. The van der Waals surface area contributed by atoms with Gasteiger partial charge in [0.25, 0.3) is 0 Å². The Morgan fingerprint density at radius 2 is 1.33 bits per heavy atom. The predicted octanol–water partition coefficient (Wildman–Crippen LogP) is 4.98. The molecular formula is C19H28O2. The van der Waals surface area contributed by atoms with Crippen molar-refractivity contribution < 1.29 is 9.90 Å². The Bertz CT molecular complexity index is 544. The highest BCUT2D eigenvalue weighted by atomic mass is 16.3. The molecule has 0 amide bonds. The molecule has 0 unspecified atom stereocenters. The number of allylic oxidation sites excluding steroid dienone is 1. The number of benzene rings is 1. The first-order valence-electron chi connectivity index (χ1n) is 7.41. The summed E-state index contributed by atoms with van der Waals surface area (Å²) in [6, 6.07) is 3.97. The van der Waals surface area contributed by atoms with Crippen molar-refractivity contribution in [2.45, 2.75) is 66.2 Å². The van der Waals surface area contributed by atoms with Crippen molar-refractivity contribution in [3.8, 4) is 5.75 Å². The molecule has 0 aromatic heterocycles. The summed E-state index contributed by atoms with van der Waals surface area (Å²) >= 11 is 0. The third-order valence-electron chi connectivity index (χ3n) is 3.69. The van der Waals surface area contributed by atoms with Gasteiger partial charge in [-0.05, 0) is 54.0 Å². The van der Waals surface area contributed by atoms with Gasteiger partial charge >= 0.3 is 0 Å². The molecule has 2 nitrogen and oxygen atoms in total. The fraction of sp³-hybridized carbons (Fsp3) is 0.526. The van der Waals surface area contributed by atoms with Gasteiger partial charge in [0, 0.05) is 11.1 Å². The van der Waals surface area contributed by atoms with E-state index in [-0.39, 0.29) is 16.6 Å². The first-order chi connectivity index (χ1) is 9.34. The highest BCUT2D eigenvalue weighted by Crippen LogP contribution is 2.40. The van der Waals surface area contributed by atoms with Crippen LogP contribution in [0.5, 0.6) is 5.75 Å². The Labute approximate surface area is 128 Å². The van der Waals surface area contributed by atoms with Crippen LogP contribution in [0.4, 0.5) is 0 Å². The molecule has 0 saturated heterocycles. The largest absolute Gasteiger partial charge is 0.507 e. The molecule has 116 valence electrons. The molecule has 0 aliphatic heterocycles. The summed E-state index contributed by atoms with van der Waals surface area (Å²) in [5.41, 5.74) is 3.21. The number of phenolic OH excluding ortho intramolecular Hbond substituents is 1. The van der Waals surface area contributed by atoms with Gasteiger partial charge in [-0.15, -0.1) is 0 Å². The number of Topliss-reactive ketones (excluding diaryl/α,β-unsaturated/α-hetero) is 1. The first-order valence-corrected chi connectivity index (χ1v) is 7.41. The molecule has 0 atom stereocenters. The number of rotatable bonds is 2. The molecule has 0 saturated carbocycles. The molecule has 0 fully saturated rings. The number of carbonyl (C=O) groups excluding carboxylic acids is 1. The highest BCUT2D eigenvalue weighted by molar-refractivity contribution is 5.97. The summed E-state index contributed by atoms with van der Waals surface area (Å²) in [7, 11) is 0. The van der Waals surface area contributed by atoms with Gasteiger partial charge in [-0.25, -0.2) is 0 Å². The standard InChI is InChI=1S/C19H28O2/c1-12(13(2)20)9-14-10-15(18(3,4)5)17(21)16(11-14)19(6,7)8/h9-11,21H,1-8H3/b12-9+. The molecule has 0 spiro atoms. The lowest BCUT2D eigenvalue weighted by molar-refractivity contribution is -0.113. The van der Waals surface area contributed by atoms with Crippen LogP contribution in [0.1, 0.15) is 72.1 Å². The lowest BCUT2D eigenvalue weighted by atomic mass is 9.78. The van der Waals surface area contributed by atoms with Crippen molar-refractivity contribution in [3.05, 3.63) is 34.4 Å². The zero-order chi connectivity index (χ0) is 16.6. The van der Waals surface area contributed by atoms with E-state index in [0.717, 1.165) is 22.3 Å². The van der Waals surface area contributed by atoms with E-state index in [0.29, 0.717) is 5.75 Å². The lowest BCUT2D eigenvalue weighted by Gasteiger charge is -2.28. The van der Waals surface area contributed by atoms with E-state index in [1.54, 1.807) is 6.92 Å². The number of aromatic hydroxyl groups is 1. The monoisotopic (exact) mass is 288 g/mol. The molecule has 1 aromatic rings. The van der Waals surface area contributed by atoms with E-state index < -0.39 is 0 Å². The van der Waals surface area contributed by atoms with E-state index in [9.17, 15) is 9.90 Å². The van der Waals surface area contributed by atoms with Gasteiger partial charge < -0.3 is 5.11 Å². The first kappa shape index (κ1) is 17.5. The van der Waals surface area contributed by atoms with Gasteiger partial charge in [0.1, 0.15) is 5.75 Å². The fourth-order valence-corrected chi connectivity index (χ4v) is 2.24. The van der Waals surface area contributed by atoms with Crippen LogP contribution in [0.15, 0.2) is 17.7 Å². The van der Waals surface area contributed by atoms with Crippen molar-refractivity contribution in [3.63, 3.8) is 0 Å². The maximum Gasteiger partial charge on any atom is 0.155 e. The minimum atomic E-state index is -0.155. The summed E-state index contributed by atoms with van der Waals surface area (Å²) < 4.78 is 0. The molecule has 1 aromatic carbocycles. The van der Waals surface area contributed by atoms with Crippen LogP contribution >= 0.6 is 0 Å². The SMILES string of the molecule is CC(=O)/C(C)=C/c1cc(C(C)(C)C)c(O)c(C(C)(C)C)c1. The average Bonchev–Trinajstić information content (AvgIpc) is 2.27. The second-order valence-corrected chi connectivity index (χ2v) is 7.85. The summed E-state index contributed by atoms with van der Waals surface area (Å²) in [4.78, 5) is 11.5. The average molecular weight is 288 g/mol. The zero-order valence-corrected chi connectivity index (χ0v) is 14.6. The van der Waals surface area contributed by atoms with Crippen LogP contribution in [-0.4, -0.2) is 10.9 Å². The summed E-state index contributed by atoms with van der Waals surface area (Å²) in [6.07, 6.45) is 1.90. The van der Waals surface area contributed by atoms with Crippen LogP contribution in [0.3, 0.4) is 0 Å². The Morgan fingerprint density at radius 1 is 0.952 bits per heavy atom. The molecule has 0 radical (unpaired) electrons. The minimum Gasteiger partial charge on any atom is -0.507 e. The maximum absolute atomic E-state index is 11.5. The van der Waals surface area contributed by atoms with E-state index >= 15 is 0 Å². The van der Waals surface area contributed by atoms with Crippen LogP contribution in [0.2, 0.25) is 0 Å². The predicted molar refractivity (Wildman–Crippen MR) is 89.8 cm³/mol. The van der Waals surface area contributed by atoms with E-state index in [2.05, 4.69) is 41.5 Å². The molecular weight excluding hydrogens is 260 g/mol. The number of ketones is 1. The third kappa shape index (κ3) is 4.20. The Kier molecular flexibility index (Phi) is 4.72. The molecule has 0 bridgehead atoms. The van der Waals surface area contributed by atoms with Crippen LogP contribution < -0.4 is 0 Å². The lowest BCUT2D eigenvalue weighted by Crippen LogP contribution is -2.17. The van der Waals surface area contributed by atoms with Crippen LogP contribution in [-0.2, 0) is 15.6 Å². The number of phenols is 1. The molecule has 21 heavy (non-hydrogen) atoms. The Morgan fingerprint density at radius 3 is 1.62 bits per heavy atom. The minimum absolute atomic E-state index is 0.0673. The normalized spacial score (nSPS) is 13.4. The van der Waals surface area contributed by atoms with Gasteiger partial charge in [-0.2, -0.15) is 0 Å². The number of carbonyl (C=O) groups is 1. The molecule has 1 rings (SSSR count). The van der Waals surface area contributed by atoms with Gasteiger partial charge in [-0.3, -0.25) is 4.79 Å². The van der Waals surface area contributed by atoms with E-state index in [1.807, 2.05) is 25.1 Å². The van der Waals surface area contributed by atoms with Crippen molar-refractivity contribution in [2.24, 2.45) is 0 Å². The zero-order valence-electron chi connectivity index (χ0n) is 14.6. The smallest absolute Gasteiger partial charge is 0.155 e. The van der Waals surface area contributed by atoms with Crippen molar-refractivity contribution in [1.82, 2.24) is 0 Å². The maximum atomic E-state index is 11.5. The number of hydrogen-bond acceptors (Lipinski definition) is 2. The Hall–Kier alpha value is -1.57. The number of hydrogen-bond donors (Lipinski definition) is 1. The quantitative estimate of drug-likeness (QED) is 0.779. The van der Waals surface area contributed by atoms with E-state index in [4.69, 9.17) is 0 Å². The third-order valence-corrected chi connectivity index (χ3v) is 3.69. The van der Waals surface area contributed by atoms with E-state index in [1.165, 1.54) is 0 Å². The summed E-state index contributed by atoms with van der Waals surface area (Å²) in [5.74, 6) is 0.435. The second-order valence-electron chi connectivity index (χ2n) is 7.85. The second kappa shape index (κ2) is 5.67. The fourth-order valence-electron chi connectivity index (χ4n) is 2.24.